The zero-order valence-electron chi connectivity index (χ0n) is 15.2. The fraction of sp³-hybridized carbons (Fsp3) is 0.444. The van der Waals surface area contributed by atoms with Gasteiger partial charge in [0.2, 0.25) is 5.91 Å². The lowest BCUT2D eigenvalue weighted by atomic mass is 10.2. The van der Waals surface area contributed by atoms with E-state index in [1.165, 1.54) is 0 Å². The Hall–Kier alpha value is -2.61. The van der Waals surface area contributed by atoms with Crippen molar-refractivity contribution in [1.29, 1.82) is 0 Å². The van der Waals surface area contributed by atoms with Crippen molar-refractivity contribution in [2.75, 3.05) is 31.1 Å². The van der Waals surface area contributed by atoms with Crippen molar-refractivity contribution in [3.8, 4) is 0 Å². The minimum absolute atomic E-state index is 0.0529. The number of cyclic esters (lactones) is 1. The summed E-state index contributed by atoms with van der Waals surface area (Å²) < 4.78 is 6.57. The van der Waals surface area contributed by atoms with E-state index in [2.05, 4.69) is 10.1 Å². The summed E-state index contributed by atoms with van der Waals surface area (Å²) in [6, 6.07) is 0. The number of hydrogen-bond donors (Lipinski definition) is 0. The number of aliphatic imine (C=N–C) groups is 1. The molecule has 0 spiro atoms. The third-order valence-electron chi connectivity index (χ3n) is 4.38. The van der Waals surface area contributed by atoms with E-state index < -0.39 is 0 Å². The maximum atomic E-state index is 12.7. The highest BCUT2D eigenvalue weighted by Crippen LogP contribution is 2.27. The Kier molecular flexibility index (Phi) is 6.28. The van der Waals surface area contributed by atoms with Gasteiger partial charge in [-0.15, -0.1) is 0 Å². The molecule has 0 saturated carbocycles. The van der Waals surface area contributed by atoms with Crippen molar-refractivity contribution in [3.63, 3.8) is 0 Å². The molecule has 1 aromatic rings. The van der Waals surface area contributed by atoms with Crippen molar-refractivity contribution in [2.24, 2.45) is 4.99 Å². The Labute approximate surface area is 162 Å². The lowest BCUT2D eigenvalue weighted by Crippen LogP contribution is -2.32. The zero-order valence-corrected chi connectivity index (χ0v) is 15.9. The molecule has 3 rings (SSSR count). The van der Waals surface area contributed by atoms with Crippen molar-refractivity contribution in [3.05, 3.63) is 29.7 Å². The number of nitrogens with zero attached hydrogens (tertiary/aromatic N) is 5. The zero-order chi connectivity index (χ0) is 19.2. The van der Waals surface area contributed by atoms with Crippen LogP contribution in [0.15, 0.2) is 29.5 Å². The summed E-state index contributed by atoms with van der Waals surface area (Å²) in [5, 5.41) is 4.61. The first kappa shape index (κ1) is 19.2. The molecule has 8 nitrogen and oxygen atoms in total. The topological polar surface area (TPSA) is 80.0 Å². The van der Waals surface area contributed by atoms with Gasteiger partial charge in [0.1, 0.15) is 12.3 Å². The van der Waals surface area contributed by atoms with Gasteiger partial charge in [-0.1, -0.05) is 11.6 Å². The van der Waals surface area contributed by atoms with Crippen LogP contribution >= 0.6 is 11.6 Å². The summed E-state index contributed by atoms with van der Waals surface area (Å²) in [4.78, 5) is 31.4. The number of ether oxygens (including phenoxy) is 1. The van der Waals surface area contributed by atoms with E-state index in [1.54, 1.807) is 33.1 Å². The van der Waals surface area contributed by atoms with Crippen LogP contribution in [0.2, 0.25) is 5.15 Å². The van der Waals surface area contributed by atoms with Gasteiger partial charge in [0.05, 0.1) is 12.7 Å². The van der Waals surface area contributed by atoms with E-state index in [4.69, 9.17) is 16.3 Å². The number of hydrogen-bond acceptors (Lipinski definition) is 5. The SMILES string of the molecule is CCN(C(=O)CCCN1CCOC1=O)c1cn(C2=CC=CN=CC2)nc1Cl. The highest BCUT2D eigenvalue weighted by Gasteiger charge is 2.23. The quantitative estimate of drug-likeness (QED) is 0.715. The highest BCUT2D eigenvalue weighted by molar-refractivity contribution is 6.32. The molecule has 9 heteroatoms. The summed E-state index contributed by atoms with van der Waals surface area (Å²) in [6.45, 7) is 3.88. The summed E-state index contributed by atoms with van der Waals surface area (Å²) in [7, 11) is 0. The summed E-state index contributed by atoms with van der Waals surface area (Å²) in [6.07, 6.45) is 10.2. The fourth-order valence-electron chi connectivity index (χ4n) is 2.99. The normalized spacial score (nSPS) is 16.3. The van der Waals surface area contributed by atoms with Crippen LogP contribution < -0.4 is 4.90 Å². The molecule has 27 heavy (non-hydrogen) atoms. The van der Waals surface area contributed by atoms with Crippen LogP contribution in [-0.2, 0) is 9.53 Å². The number of halogens is 1. The first-order valence-electron chi connectivity index (χ1n) is 8.95. The number of carbonyl (C=O) groups excluding carboxylic acids is 2. The average molecular weight is 392 g/mol. The molecule has 0 N–H and O–H groups in total. The molecule has 0 aromatic carbocycles. The number of anilines is 1. The molecule has 3 heterocycles. The molecule has 144 valence electrons. The molecule has 0 radical (unpaired) electrons. The van der Waals surface area contributed by atoms with E-state index in [1.807, 2.05) is 19.1 Å². The van der Waals surface area contributed by atoms with Gasteiger partial charge in [-0.05, 0) is 25.5 Å². The van der Waals surface area contributed by atoms with E-state index in [0.717, 1.165) is 5.70 Å². The van der Waals surface area contributed by atoms with Crippen LogP contribution in [0.3, 0.4) is 0 Å². The predicted molar refractivity (Wildman–Crippen MR) is 104 cm³/mol. The molecular weight excluding hydrogens is 370 g/mol. The molecule has 2 amide bonds. The first-order chi connectivity index (χ1) is 13.1. The molecule has 2 aliphatic heterocycles. The first-order valence-corrected chi connectivity index (χ1v) is 9.33. The van der Waals surface area contributed by atoms with Crippen LogP contribution in [0.4, 0.5) is 10.5 Å². The molecule has 0 aliphatic carbocycles. The minimum Gasteiger partial charge on any atom is -0.448 e. The van der Waals surface area contributed by atoms with Crippen LogP contribution in [0.1, 0.15) is 26.2 Å². The van der Waals surface area contributed by atoms with Gasteiger partial charge in [0, 0.05) is 44.0 Å². The van der Waals surface area contributed by atoms with Gasteiger partial charge in [0.25, 0.3) is 0 Å². The van der Waals surface area contributed by atoms with Crippen LogP contribution in [0.25, 0.3) is 5.70 Å². The maximum absolute atomic E-state index is 12.7. The van der Waals surface area contributed by atoms with Gasteiger partial charge >= 0.3 is 6.09 Å². The lowest BCUT2D eigenvalue weighted by molar-refractivity contribution is -0.118. The average Bonchev–Trinajstić information content (AvgIpc) is 3.11. The second kappa shape index (κ2) is 8.85. The second-order valence-electron chi connectivity index (χ2n) is 6.13. The van der Waals surface area contributed by atoms with Crippen molar-refractivity contribution in [2.45, 2.75) is 26.2 Å². The fourth-order valence-corrected chi connectivity index (χ4v) is 3.22. The number of carbonyl (C=O) groups is 2. The minimum atomic E-state index is -0.312. The number of amides is 2. The van der Waals surface area contributed by atoms with Gasteiger partial charge < -0.3 is 14.5 Å². The summed E-state index contributed by atoms with van der Waals surface area (Å²) in [5.41, 5.74) is 1.49. The van der Waals surface area contributed by atoms with Crippen molar-refractivity contribution >= 4 is 41.2 Å². The smallest absolute Gasteiger partial charge is 0.409 e. The number of rotatable bonds is 7. The maximum Gasteiger partial charge on any atom is 0.409 e. The summed E-state index contributed by atoms with van der Waals surface area (Å²) in [5.74, 6) is -0.0529. The largest absolute Gasteiger partial charge is 0.448 e. The van der Waals surface area contributed by atoms with E-state index in [-0.39, 0.29) is 17.2 Å². The molecular formula is C18H22ClN5O3. The molecule has 2 aliphatic rings. The molecule has 0 unspecified atom stereocenters. The van der Waals surface area contributed by atoms with Gasteiger partial charge in [-0.25, -0.2) is 9.48 Å². The Balaban J connectivity index is 1.65. The predicted octanol–water partition coefficient (Wildman–Crippen LogP) is 2.95. The Morgan fingerprint density at radius 3 is 3.04 bits per heavy atom. The van der Waals surface area contributed by atoms with Gasteiger partial charge in [0.15, 0.2) is 5.15 Å². The third kappa shape index (κ3) is 4.57. The molecule has 1 aromatic heterocycles. The van der Waals surface area contributed by atoms with Crippen LogP contribution in [-0.4, -0.2) is 59.1 Å². The van der Waals surface area contributed by atoms with E-state index >= 15 is 0 Å². The standard InChI is InChI=1S/C18H22ClN5O3/c1-2-23(16(25)6-4-10-22-11-12-27-18(22)26)15-13-24(21-17(15)19)14-5-3-8-20-9-7-14/h3,5,8-9,13H,2,4,6-7,10-12H2,1H3. The van der Waals surface area contributed by atoms with Crippen LogP contribution in [0, 0.1) is 0 Å². The molecule has 1 saturated heterocycles. The molecule has 0 bridgehead atoms. The Morgan fingerprint density at radius 2 is 2.30 bits per heavy atom. The van der Waals surface area contributed by atoms with Crippen LogP contribution in [0.5, 0.6) is 0 Å². The molecule has 1 fully saturated rings. The van der Waals surface area contributed by atoms with Gasteiger partial charge in [-0.2, -0.15) is 5.10 Å². The van der Waals surface area contributed by atoms with Crippen molar-refractivity contribution < 1.29 is 14.3 Å². The number of allylic oxidation sites excluding steroid dienone is 3. The van der Waals surface area contributed by atoms with Crippen molar-refractivity contribution in [1.82, 2.24) is 14.7 Å². The Bertz CT molecular complexity index is 799. The molecule has 0 atom stereocenters. The summed E-state index contributed by atoms with van der Waals surface area (Å²) >= 11 is 6.31. The Morgan fingerprint density at radius 1 is 1.44 bits per heavy atom. The van der Waals surface area contributed by atoms with E-state index in [9.17, 15) is 9.59 Å². The van der Waals surface area contributed by atoms with E-state index in [0.29, 0.717) is 51.2 Å². The highest BCUT2D eigenvalue weighted by atomic mass is 35.5. The van der Waals surface area contributed by atoms with Gasteiger partial charge in [-0.3, -0.25) is 9.79 Å². The second-order valence-corrected chi connectivity index (χ2v) is 6.49. The lowest BCUT2D eigenvalue weighted by Gasteiger charge is -2.20. The monoisotopic (exact) mass is 391 g/mol. The number of aromatic nitrogens is 2. The third-order valence-corrected chi connectivity index (χ3v) is 4.65.